The van der Waals surface area contributed by atoms with Gasteiger partial charge >= 0.3 is 0 Å². The summed E-state index contributed by atoms with van der Waals surface area (Å²) in [7, 11) is 3.17. The summed E-state index contributed by atoms with van der Waals surface area (Å²) in [4.78, 5) is 12.8. The molecule has 0 unspecified atom stereocenters. The summed E-state index contributed by atoms with van der Waals surface area (Å²) in [5, 5.41) is 22.0. The molecule has 0 aliphatic carbocycles. The van der Waals surface area contributed by atoms with Crippen LogP contribution in [0.3, 0.4) is 0 Å². The van der Waals surface area contributed by atoms with Crippen molar-refractivity contribution in [1.29, 1.82) is 0 Å². The zero-order chi connectivity index (χ0) is 22.9. The fraction of sp³-hybridized carbons (Fsp3) is 0.227. The van der Waals surface area contributed by atoms with Crippen molar-refractivity contribution in [3.8, 4) is 28.5 Å². The first-order valence-electron chi connectivity index (χ1n) is 10.3. The fourth-order valence-corrected chi connectivity index (χ4v) is 3.97. The third-order valence-electron chi connectivity index (χ3n) is 5.44. The van der Waals surface area contributed by atoms with Gasteiger partial charge in [0.15, 0.2) is 0 Å². The Balaban J connectivity index is 1.77. The molecule has 0 saturated carbocycles. The molecule has 0 fully saturated rings. The number of aromatic nitrogens is 6. The Morgan fingerprint density at radius 1 is 1.06 bits per heavy atom. The van der Waals surface area contributed by atoms with Crippen LogP contribution in [0, 0.1) is 0 Å². The number of nitrogens with one attached hydrogen (secondary N) is 2. The number of nitrogens with zero attached hydrogens (tertiary/aromatic N) is 5. The zero-order valence-corrected chi connectivity index (χ0v) is 18.2. The molecular weight excluding hydrogens is 426 g/mol. The number of rotatable bonds is 6. The molecule has 1 aliphatic heterocycles. The molecule has 168 valence electrons. The number of H-pyrrole nitrogens is 1. The van der Waals surface area contributed by atoms with E-state index in [-0.39, 0.29) is 5.56 Å². The largest absolute Gasteiger partial charge is 0.497 e. The van der Waals surface area contributed by atoms with E-state index in [4.69, 9.17) is 14.2 Å². The summed E-state index contributed by atoms with van der Waals surface area (Å²) in [6.45, 7) is 2.49. The summed E-state index contributed by atoms with van der Waals surface area (Å²) in [5.74, 6) is 2.28. The van der Waals surface area contributed by atoms with Crippen LogP contribution < -0.4 is 25.1 Å². The molecule has 2 aromatic carbocycles. The number of methoxy groups -OCH3 is 2. The number of hydrogen-bond acceptors (Lipinski definition) is 9. The lowest BCUT2D eigenvalue weighted by atomic mass is 9.91. The second-order valence-corrected chi connectivity index (χ2v) is 7.23. The van der Waals surface area contributed by atoms with Gasteiger partial charge in [-0.2, -0.15) is 9.78 Å². The first kappa shape index (κ1) is 20.5. The minimum Gasteiger partial charge on any atom is -0.497 e. The SMILES string of the molecule is CCOc1ccc(-c2n[nH]c(=O)c3c2[C@H](c2cc(OC)ccc2OC)n2nnnc2N3)cc1. The molecule has 0 bridgehead atoms. The van der Waals surface area contributed by atoms with Crippen molar-refractivity contribution in [2.24, 2.45) is 0 Å². The molecule has 0 amide bonds. The zero-order valence-electron chi connectivity index (χ0n) is 18.2. The average molecular weight is 447 g/mol. The Hall–Kier alpha value is -4.41. The van der Waals surface area contributed by atoms with Gasteiger partial charge in [0.25, 0.3) is 5.56 Å². The highest BCUT2D eigenvalue weighted by molar-refractivity contribution is 5.76. The predicted octanol–water partition coefficient (Wildman–Crippen LogP) is 2.53. The Morgan fingerprint density at radius 3 is 2.58 bits per heavy atom. The molecule has 33 heavy (non-hydrogen) atoms. The molecule has 1 atom stereocenters. The molecular formula is C22H21N7O4. The maximum absolute atomic E-state index is 12.8. The smallest absolute Gasteiger partial charge is 0.288 e. The molecule has 11 nitrogen and oxygen atoms in total. The van der Waals surface area contributed by atoms with Crippen LogP contribution in [0.1, 0.15) is 24.1 Å². The van der Waals surface area contributed by atoms with Crippen molar-refractivity contribution in [2.75, 3.05) is 26.1 Å². The first-order valence-corrected chi connectivity index (χ1v) is 10.3. The van der Waals surface area contributed by atoms with E-state index >= 15 is 0 Å². The Kier molecular flexibility index (Phi) is 5.13. The number of benzene rings is 2. The van der Waals surface area contributed by atoms with E-state index in [2.05, 4.69) is 31.0 Å². The molecule has 0 saturated heterocycles. The molecule has 3 heterocycles. The third kappa shape index (κ3) is 3.43. The van der Waals surface area contributed by atoms with Crippen molar-refractivity contribution < 1.29 is 14.2 Å². The molecule has 5 rings (SSSR count). The average Bonchev–Trinajstić information content (AvgIpc) is 3.32. The van der Waals surface area contributed by atoms with Crippen LogP contribution >= 0.6 is 0 Å². The normalized spacial score (nSPS) is 14.1. The molecule has 0 radical (unpaired) electrons. The van der Waals surface area contributed by atoms with Crippen molar-refractivity contribution in [2.45, 2.75) is 13.0 Å². The molecule has 1 aliphatic rings. The van der Waals surface area contributed by atoms with E-state index in [1.54, 1.807) is 31.0 Å². The van der Waals surface area contributed by atoms with Crippen LogP contribution in [-0.4, -0.2) is 51.2 Å². The second kappa shape index (κ2) is 8.26. The lowest BCUT2D eigenvalue weighted by Crippen LogP contribution is -2.29. The van der Waals surface area contributed by atoms with Gasteiger partial charge in [0.1, 0.15) is 29.0 Å². The minimum absolute atomic E-state index is 0.311. The molecule has 2 aromatic heterocycles. The Bertz CT molecular complexity index is 1360. The van der Waals surface area contributed by atoms with Crippen molar-refractivity contribution in [3.05, 3.63) is 63.9 Å². The number of anilines is 2. The van der Waals surface area contributed by atoms with Gasteiger partial charge in [0, 0.05) is 16.7 Å². The fourth-order valence-electron chi connectivity index (χ4n) is 3.97. The highest BCUT2D eigenvalue weighted by Gasteiger charge is 2.36. The lowest BCUT2D eigenvalue weighted by Gasteiger charge is -2.29. The van der Waals surface area contributed by atoms with Crippen LogP contribution in [0.4, 0.5) is 11.6 Å². The van der Waals surface area contributed by atoms with Crippen LogP contribution in [0.15, 0.2) is 47.3 Å². The summed E-state index contributed by atoms with van der Waals surface area (Å²) < 4.78 is 18.2. The quantitative estimate of drug-likeness (QED) is 0.403. The number of aromatic amines is 1. The summed E-state index contributed by atoms with van der Waals surface area (Å²) >= 11 is 0. The van der Waals surface area contributed by atoms with E-state index < -0.39 is 6.04 Å². The van der Waals surface area contributed by atoms with Crippen LogP contribution in [-0.2, 0) is 0 Å². The number of fused-ring (bicyclic) bond motifs is 2. The maximum Gasteiger partial charge on any atom is 0.288 e. The predicted molar refractivity (Wildman–Crippen MR) is 119 cm³/mol. The standard InChI is InChI=1S/C22H21N7O4/c1-4-33-13-7-5-12(6-8-13)18-17-19(21(30)25-24-18)23-22-26-27-28-29(22)20(17)15-11-14(31-2)9-10-16(15)32-3/h5-11,20H,4H2,1-3H3,(H,25,30)(H,23,26,28)/t20-/m0/s1. The van der Waals surface area contributed by atoms with Crippen molar-refractivity contribution in [1.82, 2.24) is 30.4 Å². The highest BCUT2D eigenvalue weighted by Crippen LogP contribution is 2.44. The van der Waals surface area contributed by atoms with Gasteiger partial charge < -0.3 is 19.5 Å². The van der Waals surface area contributed by atoms with E-state index in [9.17, 15) is 4.79 Å². The lowest BCUT2D eigenvalue weighted by molar-refractivity contribution is 0.340. The van der Waals surface area contributed by atoms with E-state index in [0.717, 1.165) is 11.3 Å². The van der Waals surface area contributed by atoms with Gasteiger partial charge in [-0.25, -0.2) is 5.10 Å². The van der Waals surface area contributed by atoms with Gasteiger partial charge in [-0.15, -0.1) is 0 Å². The van der Waals surface area contributed by atoms with E-state index in [1.807, 2.05) is 37.3 Å². The summed E-state index contributed by atoms with van der Waals surface area (Å²) in [5.41, 5.74) is 2.60. The number of tetrazole rings is 1. The summed E-state index contributed by atoms with van der Waals surface area (Å²) in [6.07, 6.45) is 0. The van der Waals surface area contributed by atoms with Crippen LogP contribution in [0.5, 0.6) is 17.2 Å². The van der Waals surface area contributed by atoms with Gasteiger partial charge in [0.2, 0.25) is 5.95 Å². The van der Waals surface area contributed by atoms with Gasteiger partial charge in [-0.05, 0) is 59.8 Å². The molecule has 4 aromatic rings. The first-order chi connectivity index (χ1) is 16.1. The summed E-state index contributed by atoms with van der Waals surface area (Å²) in [6, 6.07) is 12.3. The van der Waals surface area contributed by atoms with Gasteiger partial charge in [-0.1, -0.05) is 5.10 Å². The number of ether oxygens (including phenoxy) is 3. The monoisotopic (exact) mass is 447 g/mol. The Labute approximate surface area is 188 Å². The molecule has 2 N–H and O–H groups in total. The third-order valence-corrected chi connectivity index (χ3v) is 5.44. The Morgan fingerprint density at radius 2 is 1.85 bits per heavy atom. The topological polar surface area (TPSA) is 129 Å². The van der Waals surface area contributed by atoms with Crippen LogP contribution in [0.25, 0.3) is 11.3 Å². The second-order valence-electron chi connectivity index (χ2n) is 7.23. The molecule has 11 heteroatoms. The van der Waals surface area contributed by atoms with E-state index in [1.165, 1.54) is 0 Å². The van der Waals surface area contributed by atoms with Gasteiger partial charge in [-0.3, -0.25) is 4.79 Å². The van der Waals surface area contributed by atoms with E-state index in [0.29, 0.717) is 46.6 Å². The van der Waals surface area contributed by atoms with Crippen molar-refractivity contribution in [3.63, 3.8) is 0 Å². The van der Waals surface area contributed by atoms with Crippen LogP contribution in [0.2, 0.25) is 0 Å². The highest BCUT2D eigenvalue weighted by atomic mass is 16.5. The molecule has 0 spiro atoms. The maximum atomic E-state index is 12.8. The number of hydrogen-bond donors (Lipinski definition) is 2. The minimum atomic E-state index is -0.604. The van der Waals surface area contributed by atoms with Crippen molar-refractivity contribution >= 4 is 11.6 Å². The van der Waals surface area contributed by atoms with Gasteiger partial charge in [0.05, 0.1) is 26.5 Å².